The van der Waals surface area contributed by atoms with E-state index in [1.807, 2.05) is 11.8 Å². The first-order valence-electron chi connectivity index (χ1n) is 8.57. The molecule has 2 aromatic carbocycles. The highest BCUT2D eigenvalue weighted by atomic mass is 32.2. The molecule has 0 radical (unpaired) electrons. The summed E-state index contributed by atoms with van der Waals surface area (Å²) >= 11 is 2.00. The summed E-state index contributed by atoms with van der Waals surface area (Å²) in [6, 6.07) is 11.4. The number of nitrogens with zero attached hydrogens (tertiary/aromatic N) is 2. The van der Waals surface area contributed by atoms with Crippen LogP contribution in [0.2, 0.25) is 0 Å². The molecule has 124 valence electrons. The summed E-state index contributed by atoms with van der Waals surface area (Å²) in [5.41, 5.74) is 9.63. The van der Waals surface area contributed by atoms with Gasteiger partial charge in [0.2, 0.25) is 0 Å². The van der Waals surface area contributed by atoms with Gasteiger partial charge in [-0.2, -0.15) is 0 Å². The van der Waals surface area contributed by atoms with Gasteiger partial charge in [-0.3, -0.25) is 0 Å². The normalized spacial score (nSPS) is 16.6. The van der Waals surface area contributed by atoms with E-state index in [-0.39, 0.29) is 0 Å². The molecule has 3 heteroatoms. The maximum atomic E-state index is 2.49. The quantitative estimate of drug-likeness (QED) is 0.764. The molecule has 0 saturated carbocycles. The molecule has 0 bridgehead atoms. The second-order valence-corrected chi connectivity index (χ2v) is 8.08. The van der Waals surface area contributed by atoms with Crippen LogP contribution in [0.5, 0.6) is 0 Å². The first kappa shape index (κ1) is 15.6. The molecule has 2 nitrogen and oxygen atoms in total. The fourth-order valence-electron chi connectivity index (χ4n) is 4.02. The molecule has 4 rings (SSSR count). The Labute approximate surface area is 149 Å². The Morgan fingerprint density at radius 2 is 1.79 bits per heavy atom. The van der Waals surface area contributed by atoms with Crippen molar-refractivity contribution in [3.63, 3.8) is 0 Å². The topological polar surface area (TPSA) is 6.48 Å². The predicted molar refractivity (Wildman–Crippen MR) is 105 cm³/mol. The van der Waals surface area contributed by atoms with Gasteiger partial charge in [0, 0.05) is 29.5 Å². The van der Waals surface area contributed by atoms with Crippen LogP contribution in [-0.2, 0) is 6.42 Å². The van der Waals surface area contributed by atoms with E-state index < -0.39 is 0 Å². The van der Waals surface area contributed by atoms with Crippen molar-refractivity contribution >= 4 is 23.1 Å². The molecule has 2 aliphatic rings. The molecule has 0 saturated heterocycles. The standard InChI is InChI=1S/C21H24N2S/c1-14-10-15(2)20(16(3)11-14)19-12-22(4)13-23(19)18-7-5-6-17-8-9-24-21(17)18/h5-7,10-12H,8-9,13H2,1-4H3. The number of benzene rings is 2. The summed E-state index contributed by atoms with van der Waals surface area (Å²) in [6.45, 7) is 7.56. The molecule has 0 spiro atoms. The van der Waals surface area contributed by atoms with E-state index in [0.717, 1.165) is 6.67 Å². The van der Waals surface area contributed by atoms with Crippen molar-refractivity contribution in [3.8, 4) is 0 Å². The summed E-state index contributed by atoms with van der Waals surface area (Å²) in [6.07, 6.45) is 3.49. The third kappa shape index (κ3) is 2.51. The van der Waals surface area contributed by atoms with E-state index in [9.17, 15) is 0 Å². The zero-order valence-corrected chi connectivity index (χ0v) is 15.7. The third-order valence-corrected chi connectivity index (χ3v) is 6.08. The number of thioether (sulfide) groups is 1. The van der Waals surface area contributed by atoms with Gasteiger partial charge in [-0.05, 0) is 49.9 Å². The first-order chi connectivity index (χ1) is 11.5. The van der Waals surface area contributed by atoms with E-state index in [4.69, 9.17) is 0 Å². The number of hydrogen-bond acceptors (Lipinski definition) is 3. The summed E-state index contributed by atoms with van der Waals surface area (Å²) in [5, 5.41) is 0. The van der Waals surface area contributed by atoms with Gasteiger partial charge < -0.3 is 9.80 Å². The molecule has 0 aliphatic carbocycles. The van der Waals surface area contributed by atoms with Crippen LogP contribution in [-0.4, -0.2) is 24.4 Å². The highest BCUT2D eigenvalue weighted by Gasteiger charge is 2.27. The maximum absolute atomic E-state index is 2.49. The third-order valence-electron chi connectivity index (χ3n) is 4.92. The summed E-state index contributed by atoms with van der Waals surface area (Å²) in [5.74, 6) is 1.21. The molecule has 0 fully saturated rings. The van der Waals surface area contributed by atoms with Gasteiger partial charge >= 0.3 is 0 Å². The van der Waals surface area contributed by atoms with Crippen molar-refractivity contribution in [1.82, 2.24) is 4.90 Å². The lowest BCUT2D eigenvalue weighted by atomic mass is 9.97. The summed E-state index contributed by atoms with van der Waals surface area (Å²) < 4.78 is 0. The van der Waals surface area contributed by atoms with Crippen LogP contribution in [0.15, 0.2) is 41.4 Å². The average Bonchev–Trinajstić information content (AvgIpc) is 3.12. The summed E-state index contributed by atoms with van der Waals surface area (Å²) in [7, 11) is 2.16. The molecule has 0 amide bonds. The second kappa shape index (κ2) is 5.89. The molecule has 2 aliphatic heterocycles. The Morgan fingerprint density at radius 1 is 1.04 bits per heavy atom. The Kier molecular flexibility index (Phi) is 3.84. The van der Waals surface area contributed by atoms with Crippen molar-refractivity contribution in [3.05, 3.63) is 64.3 Å². The van der Waals surface area contributed by atoms with Crippen molar-refractivity contribution < 1.29 is 0 Å². The number of hydrogen-bond donors (Lipinski definition) is 0. The minimum atomic E-state index is 0.916. The fourth-order valence-corrected chi connectivity index (χ4v) is 5.23. The lowest BCUT2D eigenvalue weighted by molar-refractivity contribution is 0.495. The molecule has 2 heterocycles. The van der Waals surface area contributed by atoms with E-state index in [0.29, 0.717) is 0 Å². The Hall–Kier alpha value is -1.87. The van der Waals surface area contributed by atoms with E-state index in [1.165, 1.54) is 56.3 Å². The predicted octanol–water partition coefficient (Wildman–Crippen LogP) is 4.97. The molecule has 24 heavy (non-hydrogen) atoms. The van der Waals surface area contributed by atoms with Crippen LogP contribution in [0.3, 0.4) is 0 Å². The van der Waals surface area contributed by atoms with E-state index in [1.54, 1.807) is 0 Å². The molecule has 0 unspecified atom stereocenters. The van der Waals surface area contributed by atoms with Crippen LogP contribution in [0.4, 0.5) is 5.69 Å². The van der Waals surface area contributed by atoms with E-state index in [2.05, 4.69) is 74.2 Å². The second-order valence-electron chi connectivity index (χ2n) is 6.98. The van der Waals surface area contributed by atoms with Gasteiger partial charge in [-0.1, -0.05) is 29.8 Å². The van der Waals surface area contributed by atoms with Gasteiger partial charge in [0.25, 0.3) is 0 Å². The molecule has 0 atom stereocenters. The largest absolute Gasteiger partial charge is 0.361 e. The van der Waals surface area contributed by atoms with Gasteiger partial charge in [0.05, 0.1) is 18.1 Å². The molecule has 0 aromatic heterocycles. The van der Waals surface area contributed by atoms with Crippen LogP contribution in [0.1, 0.15) is 27.8 Å². The highest BCUT2D eigenvalue weighted by molar-refractivity contribution is 7.99. The maximum Gasteiger partial charge on any atom is 0.0945 e. The van der Waals surface area contributed by atoms with Crippen LogP contribution < -0.4 is 4.90 Å². The van der Waals surface area contributed by atoms with Crippen LogP contribution in [0, 0.1) is 20.8 Å². The van der Waals surface area contributed by atoms with Crippen molar-refractivity contribution in [1.29, 1.82) is 0 Å². The summed E-state index contributed by atoms with van der Waals surface area (Å²) in [4.78, 5) is 6.25. The van der Waals surface area contributed by atoms with Crippen LogP contribution in [0.25, 0.3) is 5.70 Å². The number of anilines is 1. The Bertz CT molecular complexity index is 815. The lowest BCUT2D eigenvalue weighted by Crippen LogP contribution is -2.25. The first-order valence-corrected chi connectivity index (χ1v) is 9.55. The highest BCUT2D eigenvalue weighted by Crippen LogP contribution is 2.43. The SMILES string of the molecule is Cc1cc(C)c(C2=CN(C)CN2c2cccc3c2SCC3)c(C)c1. The monoisotopic (exact) mass is 336 g/mol. The van der Waals surface area contributed by atoms with Gasteiger partial charge in [0.15, 0.2) is 0 Å². The Balaban J connectivity index is 1.84. The number of aryl methyl sites for hydroxylation is 4. The van der Waals surface area contributed by atoms with Gasteiger partial charge in [-0.15, -0.1) is 11.8 Å². The van der Waals surface area contributed by atoms with Gasteiger partial charge in [-0.25, -0.2) is 0 Å². The molecular weight excluding hydrogens is 312 g/mol. The lowest BCUT2D eigenvalue weighted by Gasteiger charge is -2.27. The number of rotatable bonds is 2. The molecular formula is C21H24N2S. The minimum Gasteiger partial charge on any atom is -0.361 e. The average molecular weight is 337 g/mol. The minimum absolute atomic E-state index is 0.916. The van der Waals surface area contributed by atoms with Gasteiger partial charge in [0.1, 0.15) is 0 Å². The fraction of sp³-hybridized carbons (Fsp3) is 0.333. The Morgan fingerprint density at radius 3 is 2.54 bits per heavy atom. The van der Waals surface area contributed by atoms with Crippen LogP contribution >= 0.6 is 11.8 Å². The zero-order valence-electron chi connectivity index (χ0n) is 14.9. The van der Waals surface area contributed by atoms with Crippen molar-refractivity contribution in [2.24, 2.45) is 0 Å². The van der Waals surface area contributed by atoms with E-state index >= 15 is 0 Å². The van der Waals surface area contributed by atoms with Crippen molar-refractivity contribution in [2.45, 2.75) is 32.1 Å². The molecule has 2 aromatic rings. The van der Waals surface area contributed by atoms with Crippen molar-refractivity contribution in [2.75, 3.05) is 24.4 Å². The smallest absolute Gasteiger partial charge is 0.0945 e. The number of fused-ring (bicyclic) bond motifs is 1. The zero-order chi connectivity index (χ0) is 16.8. The molecule has 0 N–H and O–H groups in total.